The van der Waals surface area contributed by atoms with Gasteiger partial charge < -0.3 is 10.1 Å². The minimum atomic E-state index is -2.56. The Bertz CT molecular complexity index is 469. The van der Waals surface area contributed by atoms with Gasteiger partial charge in [-0.05, 0) is 43.5 Å². The Balaban J connectivity index is 2.25. The Labute approximate surface area is 123 Å². The highest BCUT2D eigenvalue weighted by molar-refractivity contribution is 5.37. The average Bonchev–Trinajstić information content (AvgIpc) is 2.45. The highest BCUT2D eigenvalue weighted by atomic mass is 19.3. The molecule has 0 aromatic heterocycles. The Kier molecular flexibility index (Phi) is 5.14. The van der Waals surface area contributed by atoms with Crippen molar-refractivity contribution in [2.45, 2.75) is 44.6 Å². The van der Waals surface area contributed by atoms with Crippen molar-refractivity contribution >= 4 is 0 Å². The lowest BCUT2D eigenvalue weighted by Gasteiger charge is -2.35. The lowest BCUT2D eigenvalue weighted by atomic mass is 9.79. The predicted octanol–water partition coefficient (Wildman–Crippen LogP) is 4.31. The standard InChI is InChI=1S/C16H22F3NO/c1-3-20-15(11-6-8-16(18,19)9-7-11)13-10-12(17)4-5-14(13)21-2/h4-5,10-11,15,20H,3,6-9H2,1-2H3. The number of nitrogens with one attached hydrogen (secondary N) is 1. The van der Waals surface area contributed by atoms with Crippen LogP contribution in [0.25, 0.3) is 0 Å². The zero-order valence-electron chi connectivity index (χ0n) is 12.5. The van der Waals surface area contributed by atoms with Crippen LogP contribution in [0.15, 0.2) is 18.2 Å². The number of benzene rings is 1. The third kappa shape index (κ3) is 3.90. The van der Waals surface area contributed by atoms with Crippen LogP contribution in [0.3, 0.4) is 0 Å². The van der Waals surface area contributed by atoms with Gasteiger partial charge in [0.15, 0.2) is 0 Å². The smallest absolute Gasteiger partial charge is 0.248 e. The molecular formula is C16H22F3NO. The van der Waals surface area contributed by atoms with Gasteiger partial charge in [0, 0.05) is 24.4 Å². The number of hydrogen-bond donors (Lipinski definition) is 1. The molecule has 5 heteroatoms. The largest absolute Gasteiger partial charge is 0.496 e. The van der Waals surface area contributed by atoms with E-state index in [1.54, 1.807) is 6.07 Å². The summed E-state index contributed by atoms with van der Waals surface area (Å²) >= 11 is 0. The third-order valence-corrected chi connectivity index (χ3v) is 4.18. The van der Waals surface area contributed by atoms with Crippen molar-refractivity contribution in [3.05, 3.63) is 29.6 Å². The molecule has 2 nitrogen and oxygen atoms in total. The number of halogens is 3. The molecular weight excluding hydrogens is 279 g/mol. The van der Waals surface area contributed by atoms with Crippen molar-refractivity contribution in [1.29, 1.82) is 0 Å². The average molecular weight is 301 g/mol. The summed E-state index contributed by atoms with van der Waals surface area (Å²) in [6.45, 7) is 2.65. The summed E-state index contributed by atoms with van der Waals surface area (Å²) in [5.41, 5.74) is 0.717. The van der Waals surface area contributed by atoms with E-state index < -0.39 is 5.92 Å². The van der Waals surface area contributed by atoms with E-state index in [2.05, 4.69) is 5.32 Å². The summed E-state index contributed by atoms with van der Waals surface area (Å²) in [5, 5.41) is 3.31. The number of hydrogen-bond acceptors (Lipinski definition) is 2. The molecule has 1 aromatic carbocycles. The van der Waals surface area contributed by atoms with Gasteiger partial charge in [0.1, 0.15) is 11.6 Å². The molecule has 1 aliphatic carbocycles. The third-order valence-electron chi connectivity index (χ3n) is 4.18. The molecule has 0 spiro atoms. The molecule has 0 radical (unpaired) electrons. The van der Waals surface area contributed by atoms with Crippen LogP contribution < -0.4 is 10.1 Å². The van der Waals surface area contributed by atoms with Gasteiger partial charge in [-0.2, -0.15) is 0 Å². The van der Waals surface area contributed by atoms with E-state index in [0.717, 1.165) is 5.56 Å². The van der Waals surface area contributed by atoms with E-state index in [1.165, 1.54) is 19.2 Å². The van der Waals surface area contributed by atoms with Gasteiger partial charge in [-0.25, -0.2) is 13.2 Å². The van der Waals surface area contributed by atoms with E-state index in [0.29, 0.717) is 25.1 Å². The van der Waals surface area contributed by atoms with Gasteiger partial charge in [0.05, 0.1) is 7.11 Å². The fourth-order valence-electron chi connectivity index (χ4n) is 3.09. The van der Waals surface area contributed by atoms with E-state index in [-0.39, 0.29) is 30.6 Å². The minimum Gasteiger partial charge on any atom is -0.496 e. The minimum absolute atomic E-state index is 0.0697. The van der Waals surface area contributed by atoms with Gasteiger partial charge in [0.25, 0.3) is 0 Å². The second kappa shape index (κ2) is 6.69. The molecule has 1 atom stereocenters. The number of alkyl halides is 2. The van der Waals surface area contributed by atoms with Crippen molar-refractivity contribution < 1.29 is 17.9 Å². The van der Waals surface area contributed by atoms with Gasteiger partial charge >= 0.3 is 0 Å². The number of ether oxygens (including phenoxy) is 1. The monoisotopic (exact) mass is 301 g/mol. The maximum Gasteiger partial charge on any atom is 0.248 e. The molecule has 0 aliphatic heterocycles. The van der Waals surface area contributed by atoms with Crippen LogP contribution in [0, 0.1) is 11.7 Å². The first kappa shape index (κ1) is 16.1. The van der Waals surface area contributed by atoms with Gasteiger partial charge in [-0.3, -0.25) is 0 Å². The zero-order valence-corrected chi connectivity index (χ0v) is 12.5. The Morgan fingerprint density at radius 2 is 2.00 bits per heavy atom. The van der Waals surface area contributed by atoms with Gasteiger partial charge in [-0.15, -0.1) is 0 Å². The second-order valence-corrected chi connectivity index (χ2v) is 5.62. The molecule has 1 aliphatic rings. The summed E-state index contributed by atoms with van der Waals surface area (Å²) in [6, 6.07) is 4.22. The first-order chi connectivity index (χ1) is 9.96. The van der Waals surface area contributed by atoms with Crippen molar-refractivity contribution in [1.82, 2.24) is 5.32 Å². The predicted molar refractivity (Wildman–Crippen MR) is 76.3 cm³/mol. The molecule has 0 amide bonds. The molecule has 1 unspecified atom stereocenters. The van der Waals surface area contributed by atoms with Crippen molar-refractivity contribution in [2.75, 3.05) is 13.7 Å². The first-order valence-corrected chi connectivity index (χ1v) is 7.41. The topological polar surface area (TPSA) is 21.3 Å². The molecule has 0 saturated heterocycles. The Hall–Kier alpha value is -1.23. The number of rotatable bonds is 5. The highest BCUT2D eigenvalue weighted by Gasteiger charge is 2.38. The maximum atomic E-state index is 13.6. The summed E-state index contributed by atoms with van der Waals surface area (Å²) < 4.78 is 45.5. The summed E-state index contributed by atoms with van der Waals surface area (Å²) in [7, 11) is 1.54. The van der Waals surface area contributed by atoms with E-state index in [4.69, 9.17) is 4.74 Å². The highest BCUT2D eigenvalue weighted by Crippen LogP contribution is 2.43. The van der Waals surface area contributed by atoms with Crippen LogP contribution in [0.5, 0.6) is 5.75 Å². The van der Waals surface area contributed by atoms with Crippen LogP contribution in [0.2, 0.25) is 0 Å². The molecule has 21 heavy (non-hydrogen) atoms. The quantitative estimate of drug-likeness (QED) is 0.875. The van der Waals surface area contributed by atoms with Crippen molar-refractivity contribution in [3.63, 3.8) is 0 Å². The fraction of sp³-hybridized carbons (Fsp3) is 0.625. The van der Waals surface area contributed by atoms with Crippen LogP contribution >= 0.6 is 0 Å². The summed E-state index contributed by atoms with van der Waals surface area (Å²) in [6.07, 6.45) is 0.670. The van der Waals surface area contributed by atoms with Crippen molar-refractivity contribution in [3.8, 4) is 5.75 Å². The van der Waals surface area contributed by atoms with Crippen LogP contribution in [-0.2, 0) is 0 Å². The number of methoxy groups -OCH3 is 1. The summed E-state index contributed by atoms with van der Waals surface area (Å²) in [5.74, 6) is -2.23. The van der Waals surface area contributed by atoms with E-state index >= 15 is 0 Å². The molecule has 0 heterocycles. The van der Waals surface area contributed by atoms with Crippen molar-refractivity contribution in [2.24, 2.45) is 5.92 Å². The zero-order chi connectivity index (χ0) is 15.5. The van der Waals surface area contributed by atoms with E-state index in [9.17, 15) is 13.2 Å². The lowest BCUT2D eigenvalue weighted by Crippen LogP contribution is -2.34. The summed E-state index contributed by atoms with van der Waals surface area (Å²) in [4.78, 5) is 0. The maximum absolute atomic E-state index is 13.6. The molecule has 1 fully saturated rings. The molecule has 1 saturated carbocycles. The fourth-order valence-corrected chi connectivity index (χ4v) is 3.09. The molecule has 0 bridgehead atoms. The Morgan fingerprint density at radius 3 is 2.57 bits per heavy atom. The second-order valence-electron chi connectivity index (χ2n) is 5.62. The normalized spacial score (nSPS) is 20.2. The lowest BCUT2D eigenvalue weighted by molar-refractivity contribution is -0.0497. The molecule has 1 N–H and O–H groups in total. The van der Waals surface area contributed by atoms with Crippen LogP contribution in [0.4, 0.5) is 13.2 Å². The van der Waals surface area contributed by atoms with Crippen LogP contribution in [0.1, 0.15) is 44.2 Å². The van der Waals surface area contributed by atoms with E-state index in [1.807, 2.05) is 6.92 Å². The molecule has 1 aromatic rings. The first-order valence-electron chi connectivity index (χ1n) is 7.41. The molecule has 118 valence electrons. The SMILES string of the molecule is CCNC(c1cc(F)ccc1OC)C1CCC(F)(F)CC1. The van der Waals surface area contributed by atoms with Gasteiger partial charge in [-0.1, -0.05) is 6.92 Å². The van der Waals surface area contributed by atoms with Crippen LogP contribution in [-0.4, -0.2) is 19.6 Å². The van der Waals surface area contributed by atoms with Gasteiger partial charge in [0.2, 0.25) is 5.92 Å². The Morgan fingerprint density at radius 1 is 1.33 bits per heavy atom. The molecule has 2 rings (SSSR count).